The van der Waals surface area contributed by atoms with Gasteiger partial charge in [0.1, 0.15) is 18.0 Å². The molecule has 2 aromatic rings. The molecule has 1 heterocycles. The topological polar surface area (TPSA) is 109 Å². The molecule has 0 aliphatic rings. The summed E-state index contributed by atoms with van der Waals surface area (Å²) in [7, 11) is 0. The van der Waals surface area contributed by atoms with Crippen LogP contribution in [0.3, 0.4) is 0 Å². The summed E-state index contributed by atoms with van der Waals surface area (Å²) in [4.78, 5) is 34.7. The van der Waals surface area contributed by atoms with E-state index in [2.05, 4.69) is 10.6 Å². The van der Waals surface area contributed by atoms with Crippen molar-refractivity contribution in [2.45, 2.75) is 0 Å². The summed E-state index contributed by atoms with van der Waals surface area (Å²) in [5.41, 5.74) is 0.249. The van der Waals surface area contributed by atoms with Crippen molar-refractivity contribution in [3.63, 3.8) is 0 Å². The Hall–Kier alpha value is -3.35. The third-order valence-electron chi connectivity index (χ3n) is 2.76. The van der Waals surface area contributed by atoms with Crippen molar-refractivity contribution in [2.24, 2.45) is 0 Å². The zero-order valence-corrected chi connectivity index (χ0v) is 12.0. The largest absolute Gasteiger partial charge is 0.480 e. The van der Waals surface area contributed by atoms with Crippen LogP contribution in [0.15, 0.2) is 58.8 Å². The number of benzene rings is 1. The van der Waals surface area contributed by atoms with E-state index < -0.39 is 24.3 Å². The highest BCUT2D eigenvalue weighted by molar-refractivity contribution is 6.05. The molecule has 118 valence electrons. The van der Waals surface area contributed by atoms with E-state index in [-0.39, 0.29) is 5.70 Å². The molecule has 0 saturated carbocycles. The van der Waals surface area contributed by atoms with Crippen molar-refractivity contribution >= 4 is 23.9 Å². The van der Waals surface area contributed by atoms with Crippen LogP contribution in [-0.2, 0) is 9.59 Å². The summed E-state index contributed by atoms with van der Waals surface area (Å²) in [6, 6.07) is 11.5. The number of carbonyl (C=O) groups excluding carboxylic acids is 2. The van der Waals surface area contributed by atoms with Crippen LogP contribution in [0.2, 0.25) is 0 Å². The van der Waals surface area contributed by atoms with Crippen molar-refractivity contribution in [3.8, 4) is 0 Å². The third-order valence-corrected chi connectivity index (χ3v) is 2.76. The number of amides is 2. The van der Waals surface area contributed by atoms with Gasteiger partial charge in [0.25, 0.3) is 11.8 Å². The number of nitrogens with one attached hydrogen (secondary N) is 2. The van der Waals surface area contributed by atoms with E-state index in [9.17, 15) is 14.4 Å². The quantitative estimate of drug-likeness (QED) is 0.695. The van der Waals surface area contributed by atoms with Crippen LogP contribution in [0.5, 0.6) is 0 Å². The highest BCUT2D eigenvalue weighted by atomic mass is 16.4. The Kier molecular flexibility index (Phi) is 5.30. The Morgan fingerprint density at radius 1 is 1.09 bits per heavy atom. The lowest BCUT2D eigenvalue weighted by Crippen LogP contribution is -2.37. The molecule has 0 radical (unpaired) electrons. The zero-order valence-electron chi connectivity index (χ0n) is 12.0. The molecular formula is C16H14N2O5. The average molecular weight is 314 g/mol. The first-order chi connectivity index (χ1) is 11.1. The predicted molar refractivity (Wildman–Crippen MR) is 81.2 cm³/mol. The molecule has 0 fully saturated rings. The second-order valence-electron chi connectivity index (χ2n) is 4.47. The lowest BCUT2D eigenvalue weighted by molar-refractivity contribution is -0.137. The van der Waals surface area contributed by atoms with Crippen LogP contribution in [0.1, 0.15) is 16.1 Å². The predicted octanol–water partition coefficient (Wildman–Crippen LogP) is 1.25. The fourth-order valence-corrected chi connectivity index (χ4v) is 1.71. The van der Waals surface area contributed by atoms with Gasteiger partial charge in [-0.05, 0) is 24.3 Å². The fourth-order valence-electron chi connectivity index (χ4n) is 1.71. The van der Waals surface area contributed by atoms with E-state index in [0.717, 1.165) is 0 Å². The first-order valence-corrected chi connectivity index (χ1v) is 6.68. The van der Waals surface area contributed by atoms with Crippen LogP contribution in [-0.4, -0.2) is 29.4 Å². The summed E-state index contributed by atoms with van der Waals surface area (Å²) < 4.78 is 5.10. The fraction of sp³-hybridized carbons (Fsp3) is 0.0625. The lowest BCUT2D eigenvalue weighted by atomic mass is 10.2. The maximum atomic E-state index is 12.1. The van der Waals surface area contributed by atoms with Crippen molar-refractivity contribution in [2.75, 3.05) is 6.54 Å². The first-order valence-electron chi connectivity index (χ1n) is 6.68. The van der Waals surface area contributed by atoms with Gasteiger partial charge >= 0.3 is 5.97 Å². The second kappa shape index (κ2) is 7.60. The molecular weight excluding hydrogens is 300 g/mol. The molecule has 23 heavy (non-hydrogen) atoms. The van der Waals surface area contributed by atoms with E-state index in [0.29, 0.717) is 11.3 Å². The van der Waals surface area contributed by atoms with E-state index in [1.54, 1.807) is 42.5 Å². The number of aliphatic carboxylic acids is 1. The van der Waals surface area contributed by atoms with E-state index in [1.807, 2.05) is 0 Å². The van der Waals surface area contributed by atoms with Gasteiger partial charge in [-0.3, -0.25) is 14.4 Å². The highest BCUT2D eigenvalue weighted by Crippen LogP contribution is 2.07. The van der Waals surface area contributed by atoms with Crippen molar-refractivity contribution in [1.82, 2.24) is 10.6 Å². The average Bonchev–Trinajstić information content (AvgIpc) is 3.05. The smallest absolute Gasteiger partial charge is 0.322 e. The van der Waals surface area contributed by atoms with Gasteiger partial charge in [-0.25, -0.2) is 0 Å². The van der Waals surface area contributed by atoms with E-state index >= 15 is 0 Å². The van der Waals surface area contributed by atoms with E-state index in [1.165, 1.54) is 12.3 Å². The first kappa shape index (κ1) is 16.0. The van der Waals surface area contributed by atoms with Crippen LogP contribution in [0.25, 0.3) is 6.08 Å². The van der Waals surface area contributed by atoms with Gasteiger partial charge in [0.2, 0.25) is 0 Å². The number of furan rings is 1. The third kappa shape index (κ3) is 4.85. The Morgan fingerprint density at radius 3 is 2.43 bits per heavy atom. The molecule has 7 nitrogen and oxygen atoms in total. The standard InChI is InChI=1S/C16H14N2O5/c19-14(20)10-17-16(22)13(9-12-7-4-8-23-12)18-15(21)11-5-2-1-3-6-11/h1-9H,10H2,(H,17,22)(H,18,21)(H,19,20). The summed E-state index contributed by atoms with van der Waals surface area (Å²) in [5.74, 6) is -2.06. The Labute approximate surface area is 131 Å². The monoisotopic (exact) mass is 314 g/mol. The number of hydrogen-bond acceptors (Lipinski definition) is 4. The normalized spacial score (nSPS) is 10.9. The number of carbonyl (C=O) groups is 3. The minimum atomic E-state index is -1.19. The van der Waals surface area contributed by atoms with Gasteiger partial charge in [0.15, 0.2) is 0 Å². The number of rotatable bonds is 6. The van der Waals surface area contributed by atoms with Gasteiger partial charge in [-0.15, -0.1) is 0 Å². The van der Waals surface area contributed by atoms with Crippen LogP contribution in [0.4, 0.5) is 0 Å². The Morgan fingerprint density at radius 2 is 1.83 bits per heavy atom. The molecule has 3 N–H and O–H groups in total. The van der Waals surface area contributed by atoms with Crippen LogP contribution < -0.4 is 10.6 Å². The second-order valence-corrected chi connectivity index (χ2v) is 4.47. The van der Waals surface area contributed by atoms with Gasteiger partial charge in [-0.1, -0.05) is 18.2 Å². The van der Waals surface area contributed by atoms with Crippen molar-refractivity contribution in [3.05, 3.63) is 65.7 Å². The van der Waals surface area contributed by atoms with Crippen LogP contribution in [0, 0.1) is 0 Å². The minimum Gasteiger partial charge on any atom is -0.480 e. The van der Waals surface area contributed by atoms with E-state index in [4.69, 9.17) is 9.52 Å². The molecule has 0 spiro atoms. The number of hydrogen-bond donors (Lipinski definition) is 3. The van der Waals surface area contributed by atoms with Gasteiger partial charge in [0.05, 0.1) is 6.26 Å². The number of carboxylic acid groups (broad SMARTS) is 1. The molecule has 2 rings (SSSR count). The molecule has 0 atom stereocenters. The molecule has 0 bridgehead atoms. The molecule has 0 saturated heterocycles. The van der Waals surface area contributed by atoms with Crippen molar-refractivity contribution in [1.29, 1.82) is 0 Å². The lowest BCUT2D eigenvalue weighted by Gasteiger charge is -2.09. The molecule has 0 aliphatic carbocycles. The maximum absolute atomic E-state index is 12.1. The SMILES string of the molecule is O=C(O)CNC(=O)C(=Cc1ccco1)NC(=O)c1ccccc1. The summed E-state index contributed by atoms with van der Waals surface area (Å²) in [6.07, 6.45) is 2.73. The van der Waals surface area contributed by atoms with Crippen LogP contribution >= 0.6 is 0 Å². The van der Waals surface area contributed by atoms with Gasteiger partial charge in [0, 0.05) is 11.6 Å². The summed E-state index contributed by atoms with van der Waals surface area (Å²) in [5, 5.41) is 13.3. The molecule has 2 amide bonds. The molecule has 0 unspecified atom stereocenters. The Bertz CT molecular complexity index is 720. The maximum Gasteiger partial charge on any atom is 0.322 e. The minimum absolute atomic E-state index is 0.116. The number of carboxylic acids is 1. The van der Waals surface area contributed by atoms with Gasteiger partial charge in [-0.2, -0.15) is 0 Å². The molecule has 1 aromatic heterocycles. The van der Waals surface area contributed by atoms with Gasteiger partial charge < -0.3 is 20.2 Å². The zero-order chi connectivity index (χ0) is 16.7. The Balaban J connectivity index is 2.18. The molecule has 1 aromatic carbocycles. The summed E-state index contributed by atoms with van der Waals surface area (Å²) >= 11 is 0. The van der Waals surface area contributed by atoms with Crippen molar-refractivity contribution < 1.29 is 23.9 Å². The molecule has 7 heteroatoms. The highest BCUT2D eigenvalue weighted by Gasteiger charge is 2.15. The summed E-state index contributed by atoms with van der Waals surface area (Å²) in [6.45, 7) is -0.560. The molecule has 0 aliphatic heterocycles.